The first-order valence-electron chi connectivity index (χ1n) is 13.4. The molecule has 1 N–H and O–H groups in total. The molecule has 0 radical (unpaired) electrons. The number of anilines is 3. The van der Waals surface area contributed by atoms with Crippen LogP contribution in [0.2, 0.25) is 0 Å². The number of fused-ring (bicyclic) bond motifs is 2. The maximum Gasteiger partial charge on any atom is 0.338 e. The first-order valence-corrected chi connectivity index (χ1v) is 13.4. The van der Waals surface area contributed by atoms with Crippen LogP contribution in [0.4, 0.5) is 17.1 Å². The molecule has 0 atom stereocenters. The molecule has 200 valence electrons. The molecular formula is C31H32N4O4. The third-order valence-corrected chi connectivity index (χ3v) is 6.87. The molecule has 4 aromatic rings. The number of nitrogens with one attached hydrogen (secondary N) is 1. The van der Waals surface area contributed by atoms with Gasteiger partial charge in [-0.05, 0) is 81.3 Å². The molecular weight excluding hydrogens is 492 g/mol. The molecule has 1 aliphatic rings. The number of benzene rings is 3. The van der Waals surface area contributed by atoms with E-state index in [-0.39, 0.29) is 23.1 Å². The predicted octanol–water partition coefficient (Wildman–Crippen LogP) is 5.46. The van der Waals surface area contributed by atoms with E-state index in [4.69, 9.17) is 4.74 Å². The van der Waals surface area contributed by atoms with Crippen LogP contribution in [0.1, 0.15) is 49.3 Å². The standard InChI is InChI=1S/C31H32N4O4/c1-21(2)35(25-15-13-24(14-16-25)32-23-9-5-3-6-10-23)29(36)20-39-31(38)22-12-17-26-27(19-22)33-28-11-7-4-8-18-34(28)30(26)37/h3,5-6,9-10,12-17,19,21,32H,4,7-8,11,18,20H2,1-2H3. The second-order valence-electron chi connectivity index (χ2n) is 10.00. The molecule has 1 amide bonds. The van der Waals surface area contributed by atoms with E-state index < -0.39 is 12.6 Å². The third kappa shape index (κ3) is 5.85. The van der Waals surface area contributed by atoms with Gasteiger partial charge in [0.2, 0.25) is 0 Å². The lowest BCUT2D eigenvalue weighted by Gasteiger charge is -2.27. The molecule has 2 heterocycles. The van der Waals surface area contributed by atoms with Gasteiger partial charge in [0.15, 0.2) is 6.61 Å². The quantitative estimate of drug-likeness (QED) is 0.323. The lowest BCUT2D eigenvalue weighted by atomic mass is 10.1. The van der Waals surface area contributed by atoms with Crippen molar-refractivity contribution in [2.24, 2.45) is 0 Å². The zero-order chi connectivity index (χ0) is 27.4. The van der Waals surface area contributed by atoms with E-state index in [9.17, 15) is 14.4 Å². The summed E-state index contributed by atoms with van der Waals surface area (Å²) in [6.45, 7) is 4.08. The predicted molar refractivity (Wildman–Crippen MR) is 153 cm³/mol. The second kappa shape index (κ2) is 11.5. The van der Waals surface area contributed by atoms with Crippen molar-refractivity contribution in [3.8, 4) is 0 Å². The SMILES string of the molecule is CC(C)N(C(=O)COC(=O)c1ccc2c(=O)n3c(nc2c1)CCCCC3)c1ccc(Nc2ccccc2)cc1. The van der Waals surface area contributed by atoms with Gasteiger partial charge in [0.1, 0.15) is 5.82 Å². The average Bonchev–Trinajstić information content (AvgIpc) is 3.19. The Morgan fingerprint density at radius 3 is 2.46 bits per heavy atom. The fraction of sp³-hybridized carbons (Fsp3) is 0.290. The third-order valence-electron chi connectivity index (χ3n) is 6.87. The molecule has 0 aliphatic carbocycles. The fourth-order valence-corrected chi connectivity index (χ4v) is 4.95. The summed E-state index contributed by atoms with van der Waals surface area (Å²) < 4.78 is 7.15. The minimum atomic E-state index is -0.631. The number of aryl methyl sites for hydroxylation is 1. The van der Waals surface area contributed by atoms with Crippen LogP contribution >= 0.6 is 0 Å². The van der Waals surface area contributed by atoms with Crippen molar-refractivity contribution in [2.45, 2.75) is 52.1 Å². The van der Waals surface area contributed by atoms with Crippen LogP contribution in [-0.4, -0.2) is 34.1 Å². The van der Waals surface area contributed by atoms with Crippen LogP contribution in [0.5, 0.6) is 0 Å². The van der Waals surface area contributed by atoms with Crippen LogP contribution in [-0.2, 0) is 22.5 Å². The molecule has 0 spiro atoms. The van der Waals surface area contributed by atoms with Crippen molar-refractivity contribution in [3.05, 3.63) is 94.5 Å². The Balaban J connectivity index is 1.27. The summed E-state index contributed by atoms with van der Waals surface area (Å²) in [5, 5.41) is 3.80. The highest BCUT2D eigenvalue weighted by atomic mass is 16.5. The lowest BCUT2D eigenvalue weighted by Crippen LogP contribution is -2.39. The highest BCUT2D eigenvalue weighted by molar-refractivity contribution is 5.98. The molecule has 39 heavy (non-hydrogen) atoms. The molecule has 0 unspecified atom stereocenters. The van der Waals surface area contributed by atoms with E-state index in [0.29, 0.717) is 23.1 Å². The van der Waals surface area contributed by atoms with Crippen molar-refractivity contribution in [1.29, 1.82) is 0 Å². The van der Waals surface area contributed by atoms with E-state index in [2.05, 4.69) is 10.3 Å². The molecule has 0 fully saturated rings. The highest BCUT2D eigenvalue weighted by Crippen LogP contribution is 2.23. The molecule has 3 aromatic carbocycles. The summed E-state index contributed by atoms with van der Waals surface area (Å²) >= 11 is 0. The summed E-state index contributed by atoms with van der Waals surface area (Å²) in [7, 11) is 0. The molecule has 5 rings (SSSR count). The van der Waals surface area contributed by atoms with Gasteiger partial charge in [-0.1, -0.05) is 24.6 Å². The first-order chi connectivity index (χ1) is 18.9. The topological polar surface area (TPSA) is 93.5 Å². The molecule has 8 heteroatoms. The number of ether oxygens (including phenoxy) is 1. The number of carbonyl (C=O) groups excluding carboxylic acids is 2. The van der Waals surface area contributed by atoms with E-state index >= 15 is 0 Å². The number of hydrogen-bond donors (Lipinski definition) is 1. The van der Waals surface area contributed by atoms with Gasteiger partial charge < -0.3 is 15.0 Å². The molecule has 1 aliphatic heterocycles. The van der Waals surface area contributed by atoms with Gasteiger partial charge in [0, 0.05) is 36.1 Å². The summed E-state index contributed by atoms with van der Waals surface area (Å²) in [6, 6.07) is 22.0. The van der Waals surface area contributed by atoms with Crippen LogP contribution < -0.4 is 15.8 Å². The zero-order valence-electron chi connectivity index (χ0n) is 22.2. The Morgan fingerprint density at radius 2 is 1.72 bits per heavy atom. The maximum atomic E-state index is 13.1. The Hall–Kier alpha value is -4.46. The number of rotatable bonds is 7. The number of carbonyl (C=O) groups is 2. The van der Waals surface area contributed by atoms with Crippen LogP contribution in [0, 0.1) is 0 Å². The molecule has 1 aromatic heterocycles. The monoisotopic (exact) mass is 524 g/mol. The van der Waals surface area contributed by atoms with Gasteiger partial charge >= 0.3 is 5.97 Å². The molecule has 8 nitrogen and oxygen atoms in total. The highest BCUT2D eigenvalue weighted by Gasteiger charge is 2.22. The largest absolute Gasteiger partial charge is 0.452 e. The van der Waals surface area contributed by atoms with Gasteiger partial charge in [-0.15, -0.1) is 0 Å². The molecule has 0 saturated heterocycles. The number of amides is 1. The van der Waals surface area contributed by atoms with Gasteiger partial charge in [0.25, 0.3) is 11.5 Å². The summed E-state index contributed by atoms with van der Waals surface area (Å²) in [5.74, 6) is -0.207. The van der Waals surface area contributed by atoms with Gasteiger partial charge in [0.05, 0.1) is 16.5 Å². The van der Waals surface area contributed by atoms with Gasteiger partial charge in [-0.2, -0.15) is 0 Å². The van der Waals surface area contributed by atoms with Crippen molar-refractivity contribution in [3.63, 3.8) is 0 Å². The van der Waals surface area contributed by atoms with Gasteiger partial charge in [-0.25, -0.2) is 9.78 Å². The number of hydrogen-bond acceptors (Lipinski definition) is 6. The molecule has 0 bridgehead atoms. The number of para-hydroxylation sites is 1. The lowest BCUT2D eigenvalue weighted by molar-refractivity contribution is -0.122. The smallest absolute Gasteiger partial charge is 0.338 e. The number of esters is 1. The fourth-order valence-electron chi connectivity index (χ4n) is 4.95. The molecule has 0 saturated carbocycles. The minimum absolute atomic E-state index is 0.0791. The van der Waals surface area contributed by atoms with Gasteiger partial charge in [-0.3, -0.25) is 14.2 Å². The normalized spacial score (nSPS) is 13.0. The Morgan fingerprint density at radius 1 is 0.974 bits per heavy atom. The zero-order valence-corrected chi connectivity index (χ0v) is 22.2. The van der Waals surface area contributed by atoms with Crippen LogP contribution in [0.3, 0.4) is 0 Å². The van der Waals surface area contributed by atoms with Crippen molar-refractivity contribution < 1.29 is 14.3 Å². The summed E-state index contributed by atoms with van der Waals surface area (Å²) in [5.41, 5.74) is 3.23. The average molecular weight is 525 g/mol. The second-order valence-corrected chi connectivity index (χ2v) is 10.00. The summed E-state index contributed by atoms with van der Waals surface area (Å²) in [6.07, 6.45) is 3.75. The van der Waals surface area contributed by atoms with E-state index in [0.717, 1.165) is 42.9 Å². The van der Waals surface area contributed by atoms with Crippen molar-refractivity contribution in [1.82, 2.24) is 9.55 Å². The van der Waals surface area contributed by atoms with E-state index in [1.54, 1.807) is 27.7 Å². The van der Waals surface area contributed by atoms with E-state index in [1.807, 2.05) is 68.4 Å². The van der Waals surface area contributed by atoms with Crippen LogP contribution in [0.15, 0.2) is 77.6 Å². The number of aromatic nitrogens is 2. The Labute approximate surface area is 227 Å². The van der Waals surface area contributed by atoms with Crippen LogP contribution in [0.25, 0.3) is 10.9 Å². The first kappa shape index (κ1) is 26.2. The Bertz CT molecular complexity index is 1550. The number of nitrogens with zero attached hydrogens (tertiary/aromatic N) is 3. The van der Waals surface area contributed by atoms with Crippen molar-refractivity contribution >= 4 is 39.8 Å². The Kier molecular flexibility index (Phi) is 7.72. The van der Waals surface area contributed by atoms with Crippen molar-refractivity contribution in [2.75, 3.05) is 16.8 Å². The summed E-state index contributed by atoms with van der Waals surface area (Å²) in [4.78, 5) is 45.2. The van der Waals surface area contributed by atoms with E-state index in [1.165, 1.54) is 0 Å². The minimum Gasteiger partial charge on any atom is -0.452 e. The maximum absolute atomic E-state index is 13.1.